The first-order chi connectivity index (χ1) is 17.5. The van der Waals surface area contributed by atoms with Gasteiger partial charge in [-0.05, 0) is 53.3 Å². The van der Waals surface area contributed by atoms with Crippen LogP contribution in [-0.4, -0.2) is 15.5 Å². The van der Waals surface area contributed by atoms with Crippen LogP contribution < -0.4 is 10.9 Å². The Morgan fingerprint density at radius 3 is 2.56 bits per heavy atom. The Morgan fingerprint density at radius 2 is 1.83 bits per heavy atom. The number of rotatable bonds is 7. The van der Waals surface area contributed by atoms with E-state index in [9.17, 15) is 9.59 Å². The van der Waals surface area contributed by atoms with E-state index in [-0.39, 0.29) is 11.5 Å². The molecule has 0 aliphatic carbocycles. The smallest absolute Gasteiger partial charge is 0.265 e. The lowest BCUT2D eigenvalue weighted by Crippen LogP contribution is -2.26. The Kier molecular flexibility index (Phi) is 6.98. The van der Waals surface area contributed by atoms with E-state index in [2.05, 4.69) is 12.2 Å². The summed E-state index contributed by atoms with van der Waals surface area (Å²) in [5.41, 5.74) is 4.06. The molecule has 5 rings (SSSR count). The minimum Gasteiger partial charge on any atom is -0.321 e. The summed E-state index contributed by atoms with van der Waals surface area (Å²) in [4.78, 5) is 31.5. The maximum absolute atomic E-state index is 13.6. The van der Waals surface area contributed by atoms with Crippen LogP contribution in [0.25, 0.3) is 22.0 Å². The lowest BCUT2D eigenvalue weighted by Gasteiger charge is -2.14. The van der Waals surface area contributed by atoms with Gasteiger partial charge in [0.2, 0.25) is 0 Å². The summed E-state index contributed by atoms with van der Waals surface area (Å²) in [6.07, 6.45) is 1.57. The van der Waals surface area contributed by atoms with E-state index >= 15 is 0 Å². The van der Waals surface area contributed by atoms with E-state index in [0.29, 0.717) is 39.5 Å². The number of halogens is 1. The van der Waals surface area contributed by atoms with Gasteiger partial charge in [-0.1, -0.05) is 67.1 Å². The van der Waals surface area contributed by atoms with Gasteiger partial charge in [0.25, 0.3) is 11.5 Å². The number of nitrogens with zero attached hydrogens (tertiary/aromatic N) is 2. The van der Waals surface area contributed by atoms with Crippen molar-refractivity contribution < 1.29 is 4.79 Å². The number of nitrogens with one attached hydrogen (secondary N) is 1. The lowest BCUT2D eigenvalue weighted by atomic mass is 10.0. The first kappa shape index (κ1) is 24.0. The van der Waals surface area contributed by atoms with Crippen LogP contribution >= 0.6 is 22.9 Å². The molecule has 2 aromatic heterocycles. The molecule has 0 fully saturated rings. The van der Waals surface area contributed by atoms with Crippen LogP contribution in [0.2, 0.25) is 5.02 Å². The van der Waals surface area contributed by atoms with Crippen LogP contribution in [0.15, 0.2) is 89.0 Å². The number of aromatic nitrogens is 2. The monoisotopic (exact) mass is 513 g/mol. The molecule has 0 saturated heterocycles. The summed E-state index contributed by atoms with van der Waals surface area (Å²) in [5, 5.41) is 5.92. The number of anilines is 1. The topological polar surface area (TPSA) is 64.0 Å². The molecule has 0 radical (unpaired) electrons. The number of hydrogen-bond donors (Lipinski definition) is 1. The normalized spacial score (nSPS) is 11.1. The van der Waals surface area contributed by atoms with Gasteiger partial charge in [-0.15, -0.1) is 11.3 Å². The molecule has 0 saturated carbocycles. The summed E-state index contributed by atoms with van der Waals surface area (Å²) >= 11 is 7.72. The maximum Gasteiger partial charge on any atom is 0.265 e. The lowest BCUT2D eigenvalue weighted by molar-refractivity contribution is 0.103. The molecule has 0 aliphatic rings. The highest BCUT2D eigenvalue weighted by Crippen LogP contribution is 2.28. The molecule has 36 heavy (non-hydrogen) atoms. The van der Waals surface area contributed by atoms with E-state index in [1.807, 2.05) is 60.0 Å². The van der Waals surface area contributed by atoms with Crippen molar-refractivity contribution in [2.75, 3.05) is 5.32 Å². The first-order valence-electron chi connectivity index (χ1n) is 11.8. The number of carbonyl (C=O) groups excluding carboxylic acids is 1. The molecular formula is C29H24ClN3O2S. The predicted molar refractivity (Wildman–Crippen MR) is 148 cm³/mol. The largest absolute Gasteiger partial charge is 0.321 e. The average Bonchev–Trinajstić information content (AvgIpc) is 3.43. The Labute approximate surface area is 218 Å². The molecule has 0 bridgehead atoms. The van der Waals surface area contributed by atoms with E-state index in [4.69, 9.17) is 16.6 Å². The van der Waals surface area contributed by atoms with Gasteiger partial charge in [-0.25, -0.2) is 4.98 Å². The second kappa shape index (κ2) is 10.5. The molecule has 0 aliphatic heterocycles. The molecule has 1 N–H and O–H groups in total. The molecule has 5 nitrogen and oxygen atoms in total. The SMILES string of the molecule is CCCc1nc2ccc(NC(=O)c3cccs3)cc2c(=O)n1Cc1ccc(-c2ccccc2Cl)cc1. The summed E-state index contributed by atoms with van der Waals surface area (Å²) in [6, 6.07) is 24.7. The molecule has 0 spiro atoms. The van der Waals surface area contributed by atoms with Crippen LogP contribution in [0.5, 0.6) is 0 Å². The second-order valence-corrected chi connectivity index (χ2v) is 9.86. The molecule has 2 heterocycles. The summed E-state index contributed by atoms with van der Waals surface area (Å²) in [7, 11) is 0. The van der Waals surface area contributed by atoms with Crippen molar-refractivity contribution in [2.45, 2.75) is 26.3 Å². The zero-order chi connectivity index (χ0) is 25.1. The zero-order valence-electron chi connectivity index (χ0n) is 19.7. The van der Waals surface area contributed by atoms with Gasteiger partial charge in [0, 0.05) is 22.7 Å². The zero-order valence-corrected chi connectivity index (χ0v) is 21.3. The van der Waals surface area contributed by atoms with Gasteiger partial charge in [0.15, 0.2) is 0 Å². The number of aryl methyl sites for hydroxylation is 1. The van der Waals surface area contributed by atoms with Crippen LogP contribution in [0.1, 0.15) is 34.4 Å². The number of thiophene rings is 1. The van der Waals surface area contributed by atoms with Gasteiger partial charge in [0.1, 0.15) is 5.82 Å². The van der Waals surface area contributed by atoms with E-state index in [1.165, 1.54) is 11.3 Å². The molecular weight excluding hydrogens is 490 g/mol. The summed E-state index contributed by atoms with van der Waals surface area (Å²) < 4.78 is 1.74. The quantitative estimate of drug-likeness (QED) is 0.254. The summed E-state index contributed by atoms with van der Waals surface area (Å²) in [5.74, 6) is 0.555. The number of fused-ring (bicyclic) bond motifs is 1. The fraction of sp³-hybridized carbons (Fsp3) is 0.138. The minimum absolute atomic E-state index is 0.120. The van der Waals surface area contributed by atoms with Gasteiger partial charge >= 0.3 is 0 Å². The molecule has 1 amide bonds. The Bertz CT molecular complexity index is 1590. The number of hydrogen-bond acceptors (Lipinski definition) is 4. The standard InChI is InChI=1S/C29H24ClN3O2S/c1-2-6-27-32-25-15-14-21(31-28(34)26-9-5-16-36-26)17-23(25)29(35)33(27)18-19-10-12-20(13-11-19)22-7-3-4-8-24(22)30/h3-5,7-17H,2,6,18H2,1H3,(H,31,34). The third kappa shape index (κ3) is 4.96. The molecule has 3 aromatic carbocycles. The maximum atomic E-state index is 13.6. The molecule has 0 unspecified atom stereocenters. The minimum atomic E-state index is -0.196. The molecule has 5 aromatic rings. The van der Waals surface area contributed by atoms with E-state index in [1.54, 1.807) is 28.8 Å². The molecule has 180 valence electrons. The van der Waals surface area contributed by atoms with E-state index < -0.39 is 0 Å². The van der Waals surface area contributed by atoms with E-state index in [0.717, 1.165) is 28.9 Å². The fourth-order valence-corrected chi connectivity index (χ4v) is 5.05. The van der Waals surface area contributed by atoms with Gasteiger partial charge in [-0.2, -0.15) is 0 Å². The Hall–Kier alpha value is -3.74. The predicted octanol–water partition coefficient (Wildman–Crippen LogP) is 7.03. The van der Waals surface area contributed by atoms with Crippen molar-refractivity contribution in [3.63, 3.8) is 0 Å². The average molecular weight is 514 g/mol. The van der Waals surface area contributed by atoms with Crippen molar-refractivity contribution in [1.29, 1.82) is 0 Å². The Morgan fingerprint density at radius 1 is 1.03 bits per heavy atom. The number of benzene rings is 3. The van der Waals surface area contributed by atoms with Crippen molar-refractivity contribution >= 4 is 45.4 Å². The van der Waals surface area contributed by atoms with Gasteiger partial charge in [-0.3, -0.25) is 14.2 Å². The van der Waals surface area contributed by atoms with Gasteiger partial charge < -0.3 is 5.32 Å². The van der Waals surface area contributed by atoms with Crippen molar-refractivity contribution in [2.24, 2.45) is 0 Å². The van der Waals surface area contributed by atoms with Crippen LogP contribution in [-0.2, 0) is 13.0 Å². The third-order valence-corrected chi connectivity index (χ3v) is 7.19. The third-order valence-electron chi connectivity index (χ3n) is 5.99. The highest BCUT2D eigenvalue weighted by atomic mass is 35.5. The number of carbonyl (C=O) groups is 1. The summed E-state index contributed by atoms with van der Waals surface area (Å²) in [6.45, 7) is 2.48. The highest BCUT2D eigenvalue weighted by molar-refractivity contribution is 7.12. The first-order valence-corrected chi connectivity index (χ1v) is 13.0. The number of amides is 1. The molecule has 0 atom stereocenters. The highest BCUT2D eigenvalue weighted by Gasteiger charge is 2.14. The van der Waals surface area contributed by atoms with Crippen LogP contribution in [0.3, 0.4) is 0 Å². The second-order valence-electron chi connectivity index (χ2n) is 8.51. The fourth-order valence-electron chi connectivity index (χ4n) is 4.19. The molecule has 7 heteroatoms. The van der Waals surface area contributed by atoms with Gasteiger partial charge in [0.05, 0.1) is 22.3 Å². The van der Waals surface area contributed by atoms with Crippen molar-refractivity contribution in [1.82, 2.24) is 9.55 Å². The van der Waals surface area contributed by atoms with Crippen LogP contribution in [0.4, 0.5) is 5.69 Å². The van der Waals surface area contributed by atoms with Crippen molar-refractivity contribution in [3.8, 4) is 11.1 Å². The van der Waals surface area contributed by atoms with Crippen molar-refractivity contribution in [3.05, 3.63) is 116 Å². The Balaban J connectivity index is 1.48. The van der Waals surface area contributed by atoms with Crippen LogP contribution in [0, 0.1) is 0 Å².